The normalized spacial score (nSPS) is 12.2. The Morgan fingerprint density at radius 3 is 2.74 bits per heavy atom. The molecule has 0 saturated carbocycles. The van der Waals surface area contributed by atoms with Gasteiger partial charge in [-0.15, -0.1) is 0 Å². The molecule has 0 aliphatic carbocycles. The highest BCUT2D eigenvalue weighted by molar-refractivity contribution is 5.80. The summed E-state index contributed by atoms with van der Waals surface area (Å²) in [6.45, 7) is 2.19. The molecule has 0 bridgehead atoms. The van der Waals surface area contributed by atoms with Crippen molar-refractivity contribution in [1.29, 1.82) is 0 Å². The first-order valence-corrected chi connectivity index (χ1v) is 6.17. The SMILES string of the molecule is CC(N)C(=O)N(C)Cc1cnn(-c2ccccc2)c1. The van der Waals surface area contributed by atoms with Crippen LogP contribution in [0.5, 0.6) is 0 Å². The molecule has 2 rings (SSSR count). The third kappa shape index (κ3) is 3.20. The molecule has 1 heterocycles. The van der Waals surface area contributed by atoms with Crippen molar-refractivity contribution in [1.82, 2.24) is 14.7 Å². The van der Waals surface area contributed by atoms with Crippen molar-refractivity contribution in [3.05, 3.63) is 48.3 Å². The van der Waals surface area contributed by atoms with Crippen LogP contribution in [-0.2, 0) is 11.3 Å². The number of carbonyl (C=O) groups excluding carboxylic acids is 1. The first-order valence-electron chi connectivity index (χ1n) is 6.17. The van der Waals surface area contributed by atoms with Crippen LogP contribution < -0.4 is 5.73 Å². The van der Waals surface area contributed by atoms with Crippen LogP contribution in [0.4, 0.5) is 0 Å². The summed E-state index contributed by atoms with van der Waals surface area (Å²) in [6, 6.07) is 9.36. The van der Waals surface area contributed by atoms with Crippen LogP contribution in [0, 0.1) is 0 Å². The van der Waals surface area contributed by atoms with Gasteiger partial charge in [0.05, 0.1) is 17.9 Å². The Balaban J connectivity index is 2.08. The average Bonchev–Trinajstić information content (AvgIpc) is 2.87. The fourth-order valence-electron chi connectivity index (χ4n) is 1.86. The Kier molecular flexibility index (Phi) is 3.97. The second kappa shape index (κ2) is 5.67. The van der Waals surface area contributed by atoms with E-state index < -0.39 is 6.04 Å². The van der Waals surface area contributed by atoms with E-state index in [0.29, 0.717) is 6.54 Å². The predicted molar refractivity (Wildman–Crippen MR) is 73.7 cm³/mol. The average molecular weight is 258 g/mol. The molecule has 1 aromatic carbocycles. The minimum atomic E-state index is -0.478. The monoisotopic (exact) mass is 258 g/mol. The minimum Gasteiger partial charge on any atom is -0.340 e. The fraction of sp³-hybridized carbons (Fsp3) is 0.286. The van der Waals surface area contributed by atoms with Crippen molar-refractivity contribution in [2.24, 2.45) is 5.73 Å². The summed E-state index contributed by atoms with van der Waals surface area (Å²) in [5.41, 5.74) is 7.54. The van der Waals surface area contributed by atoms with Crippen LogP contribution in [-0.4, -0.2) is 33.7 Å². The number of benzene rings is 1. The predicted octanol–water partition coefficient (Wildman–Crippen LogP) is 1.18. The van der Waals surface area contributed by atoms with Crippen LogP contribution in [0.3, 0.4) is 0 Å². The van der Waals surface area contributed by atoms with E-state index in [1.165, 1.54) is 0 Å². The number of nitrogens with zero attached hydrogens (tertiary/aromatic N) is 3. The number of nitrogens with two attached hydrogens (primary N) is 1. The highest BCUT2D eigenvalue weighted by Gasteiger charge is 2.14. The van der Waals surface area contributed by atoms with Gasteiger partial charge in [0.15, 0.2) is 0 Å². The molecule has 2 aromatic rings. The zero-order valence-electron chi connectivity index (χ0n) is 11.2. The maximum absolute atomic E-state index is 11.7. The lowest BCUT2D eigenvalue weighted by Gasteiger charge is -2.18. The Morgan fingerprint density at radius 2 is 2.11 bits per heavy atom. The van der Waals surface area contributed by atoms with E-state index in [9.17, 15) is 4.79 Å². The molecule has 1 aromatic heterocycles. The number of para-hydroxylation sites is 1. The Labute approximate surface area is 112 Å². The van der Waals surface area contributed by atoms with Crippen molar-refractivity contribution in [2.45, 2.75) is 19.5 Å². The largest absolute Gasteiger partial charge is 0.340 e. The lowest BCUT2D eigenvalue weighted by Crippen LogP contribution is -2.39. The highest BCUT2D eigenvalue weighted by atomic mass is 16.2. The molecule has 0 spiro atoms. The highest BCUT2D eigenvalue weighted by Crippen LogP contribution is 2.09. The maximum atomic E-state index is 11.7. The molecular formula is C14H18N4O. The fourth-order valence-corrected chi connectivity index (χ4v) is 1.86. The molecule has 1 amide bonds. The van der Waals surface area contributed by atoms with Crippen LogP contribution in [0.25, 0.3) is 5.69 Å². The molecule has 1 atom stereocenters. The summed E-state index contributed by atoms with van der Waals surface area (Å²) in [6.07, 6.45) is 3.68. The first-order chi connectivity index (χ1) is 9.08. The third-order valence-corrected chi connectivity index (χ3v) is 2.84. The molecule has 0 radical (unpaired) electrons. The molecule has 1 unspecified atom stereocenters. The molecular weight excluding hydrogens is 240 g/mol. The van der Waals surface area contributed by atoms with Crippen molar-refractivity contribution >= 4 is 5.91 Å². The number of carbonyl (C=O) groups is 1. The summed E-state index contributed by atoms with van der Waals surface area (Å²) in [5, 5.41) is 4.29. The van der Waals surface area contributed by atoms with Crippen LogP contribution in [0.1, 0.15) is 12.5 Å². The van der Waals surface area contributed by atoms with Gasteiger partial charge in [0.25, 0.3) is 0 Å². The van der Waals surface area contributed by atoms with Gasteiger partial charge in [-0.1, -0.05) is 18.2 Å². The van der Waals surface area contributed by atoms with Gasteiger partial charge in [0.1, 0.15) is 0 Å². The zero-order chi connectivity index (χ0) is 13.8. The lowest BCUT2D eigenvalue weighted by atomic mass is 10.2. The van der Waals surface area contributed by atoms with Gasteiger partial charge in [-0.05, 0) is 19.1 Å². The number of hydrogen-bond donors (Lipinski definition) is 1. The van der Waals surface area contributed by atoms with Crippen molar-refractivity contribution in [3.8, 4) is 5.69 Å². The van der Waals surface area contributed by atoms with Gasteiger partial charge >= 0.3 is 0 Å². The quantitative estimate of drug-likeness (QED) is 0.895. The second-order valence-electron chi connectivity index (χ2n) is 4.61. The van der Waals surface area contributed by atoms with Crippen molar-refractivity contribution < 1.29 is 4.79 Å². The number of amides is 1. The molecule has 100 valence electrons. The topological polar surface area (TPSA) is 64.2 Å². The van der Waals surface area contributed by atoms with Crippen LogP contribution in [0.2, 0.25) is 0 Å². The molecule has 0 aliphatic rings. The van der Waals surface area contributed by atoms with E-state index >= 15 is 0 Å². The van der Waals surface area contributed by atoms with Crippen LogP contribution in [0.15, 0.2) is 42.7 Å². The number of hydrogen-bond acceptors (Lipinski definition) is 3. The third-order valence-electron chi connectivity index (χ3n) is 2.84. The second-order valence-corrected chi connectivity index (χ2v) is 4.61. The molecule has 0 saturated heterocycles. The minimum absolute atomic E-state index is 0.0764. The summed E-state index contributed by atoms with van der Waals surface area (Å²) in [4.78, 5) is 13.3. The van der Waals surface area contributed by atoms with Gasteiger partial charge < -0.3 is 10.6 Å². The van der Waals surface area contributed by atoms with Gasteiger partial charge in [0.2, 0.25) is 5.91 Å². The van der Waals surface area contributed by atoms with Gasteiger partial charge in [-0.25, -0.2) is 4.68 Å². The van der Waals surface area contributed by atoms with E-state index in [-0.39, 0.29) is 5.91 Å². The molecule has 19 heavy (non-hydrogen) atoms. The maximum Gasteiger partial charge on any atom is 0.239 e. The summed E-state index contributed by atoms with van der Waals surface area (Å²) >= 11 is 0. The van der Waals surface area contributed by atoms with Gasteiger partial charge in [0, 0.05) is 25.4 Å². The molecule has 0 aliphatic heterocycles. The number of rotatable bonds is 4. The number of aromatic nitrogens is 2. The van der Waals surface area contributed by atoms with E-state index in [0.717, 1.165) is 11.3 Å². The molecule has 2 N–H and O–H groups in total. The van der Waals surface area contributed by atoms with Crippen molar-refractivity contribution in [3.63, 3.8) is 0 Å². The Morgan fingerprint density at radius 1 is 1.42 bits per heavy atom. The molecule has 0 fully saturated rings. The molecule has 5 heteroatoms. The summed E-state index contributed by atoms with van der Waals surface area (Å²) in [5.74, 6) is -0.0764. The lowest BCUT2D eigenvalue weighted by molar-refractivity contribution is -0.131. The standard InChI is InChI=1S/C14H18N4O/c1-11(15)14(19)17(2)9-12-8-16-18(10-12)13-6-4-3-5-7-13/h3-8,10-11H,9,15H2,1-2H3. The summed E-state index contributed by atoms with van der Waals surface area (Å²) in [7, 11) is 1.74. The number of likely N-dealkylation sites (N-methyl/N-ethyl adjacent to an activating group) is 1. The summed E-state index contributed by atoms with van der Waals surface area (Å²) < 4.78 is 1.79. The Hall–Kier alpha value is -2.14. The van der Waals surface area contributed by atoms with Gasteiger partial charge in [-0.3, -0.25) is 4.79 Å². The first kappa shape index (κ1) is 13.3. The van der Waals surface area contributed by atoms with E-state index in [2.05, 4.69) is 5.10 Å². The van der Waals surface area contributed by atoms with Crippen LogP contribution >= 0.6 is 0 Å². The van der Waals surface area contributed by atoms with E-state index in [1.807, 2.05) is 36.5 Å². The van der Waals surface area contributed by atoms with E-state index in [1.54, 1.807) is 29.7 Å². The van der Waals surface area contributed by atoms with Gasteiger partial charge in [-0.2, -0.15) is 5.10 Å². The molecule has 5 nitrogen and oxygen atoms in total. The smallest absolute Gasteiger partial charge is 0.239 e. The Bertz CT molecular complexity index is 548. The zero-order valence-corrected chi connectivity index (χ0v) is 11.2. The van der Waals surface area contributed by atoms with Crippen molar-refractivity contribution in [2.75, 3.05) is 7.05 Å². The van der Waals surface area contributed by atoms with E-state index in [4.69, 9.17) is 5.73 Å².